The normalized spacial score (nSPS) is 11.4. The molecule has 0 radical (unpaired) electrons. The Morgan fingerprint density at radius 3 is 2.20 bits per heavy atom. The fraction of sp³-hybridized carbons (Fsp3) is 0.0952. The second-order valence-corrected chi connectivity index (χ2v) is 6.14. The van der Waals surface area contributed by atoms with Crippen molar-refractivity contribution < 1.29 is 32.3 Å². The van der Waals surface area contributed by atoms with Crippen molar-refractivity contribution in [1.29, 1.82) is 0 Å². The lowest BCUT2D eigenvalue weighted by Gasteiger charge is -2.14. The highest BCUT2D eigenvalue weighted by molar-refractivity contribution is 6.02. The molecule has 30 heavy (non-hydrogen) atoms. The van der Waals surface area contributed by atoms with Crippen molar-refractivity contribution in [2.75, 3.05) is 10.6 Å². The second-order valence-electron chi connectivity index (χ2n) is 6.14. The Morgan fingerprint density at radius 2 is 1.60 bits per heavy atom. The maximum Gasteiger partial charge on any atom is 0.338 e. The first kappa shape index (κ1) is 20.7. The van der Waals surface area contributed by atoms with E-state index in [-0.39, 0.29) is 11.3 Å². The lowest BCUT2D eigenvalue weighted by atomic mass is 10.2. The number of ether oxygens (including phenoxy) is 1. The van der Waals surface area contributed by atoms with E-state index in [2.05, 4.69) is 10.6 Å². The molecular formula is C21H16F2N2O5. The maximum atomic E-state index is 13.6. The Balaban J connectivity index is 1.58. The molecule has 3 rings (SSSR count). The van der Waals surface area contributed by atoms with Crippen molar-refractivity contribution in [3.8, 4) is 0 Å². The van der Waals surface area contributed by atoms with Crippen molar-refractivity contribution >= 4 is 29.2 Å². The highest BCUT2D eigenvalue weighted by Crippen LogP contribution is 2.19. The van der Waals surface area contributed by atoms with Gasteiger partial charge in [0.1, 0.15) is 17.3 Å². The standard InChI is InChI=1S/C21H16F2N2O5/c1-12(19(26)25-18-15(22)4-2-5-16(18)23)30-21(28)13-7-9-14(10-8-13)24-20(27)17-6-3-11-29-17/h2-12H,1H3,(H,24,27)(H,25,26)/t12-/m0/s1. The van der Waals surface area contributed by atoms with E-state index >= 15 is 0 Å². The average Bonchev–Trinajstić information content (AvgIpc) is 3.26. The molecule has 0 saturated carbocycles. The molecule has 2 aromatic carbocycles. The van der Waals surface area contributed by atoms with Crippen molar-refractivity contribution in [1.82, 2.24) is 0 Å². The molecule has 0 aliphatic carbocycles. The summed E-state index contributed by atoms with van der Waals surface area (Å²) in [5.41, 5.74) is -0.0986. The summed E-state index contributed by atoms with van der Waals surface area (Å²) in [6.45, 7) is 1.27. The third-order valence-corrected chi connectivity index (χ3v) is 3.99. The first-order valence-electron chi connectivity index (χ1n) is 8.76. The molecule has 0 saturated heterocycles. The zero-order valence-corrected chi connectivity index (χ0v) is 15.6. The summed E-state index contributed by atoms with van der Waals surface area (Å²) in [7, 11) is 0. The molecule has 2 amide bonds. The number of hydrogen-bond acceptors (Lipinski definition) is 5. The topological polar surface area (TPSA) is 97.6 Å². The molecule has 1 aromatic heterocycles. The summed E-state index contributed by atoms with van der Waals surface area (Å²) in [5, 5.41) is 4.64. The highest BCUT2D eigenvalue weighted by atomic mass is 19.1. The molecule has 9 heteroatoms. The van der Waals surface area contributed by atoms with Gasteiger partial charge in [-0.15, -0.1) is 0 Å². The van der Waals surface area contributed by atoms with Crippen molar-refractivity contribution in [2.24, 2.45) is 0 Å². The smallest absolute Gasteiger partial charge is 0.338 e. The zero-order valence-electron chi connectivity index (χ0n) is 15.6. The minimum Gasteiger partial charge on any atom is -0.459 e. The van der Waals surface area contributed by atoms with Crippen LogP contribution >= 0.6 is 0 Å². The average molecular weight is 414 g/mol. The number of esters is 1. The third-order valence-electron chi connectivity index (χ3n) is 3.99. The summed E-state index contributed by atoms with van der Waals surface area (Å²) in [6, 6.07) is 11.9. The van der Waals surface area contributed by atoms with Crippen LogP contribution in [0.15, 0.2) is 65.3 Å². The van der Waals surface area contributed by atoms with Gasteiger partial charge < -0.3 is 19.8 Å². The van der Waals surface area contributed by atoms with Gasteiger partial charge in [0.25, 0.3) is 11.8 Å². The van der Waals surface area contributed by atoms with E-state index < -0.39 is 41.2 Å². The van der Waals surface area contributed by atoms with Gasteiger partial charge in [-0.05, 0) is 55.5 Å². The molecule has 0 unspecified atom stereocenters. The minimum atomic E-state index is -1.31. The summed E-state index contributed by atoms with van der Waals surface area (Å²) in [5.74, 6) is -3.95. The first-order chi connectivity index (χ1) is 14.3. The summed E-state index contributed by atoms with van der Waals surface area (Å²) in [4.78, 5) is 36.2. The molecule has 0 bridgehead atoms. The van der Waals surface area contributed by atoms with Crippen LogP contribution in [0.2, 0.25) is 0 Å². The van der Waals surface area contributed by atoms with Crippen LogP contribution in [0.1, 0.15) is 27.8 Å². The van der Waals surface area contributed by atoms with Crippen molar-refractivity contribution in [3.05, 3.63) is 83.8 Å². The van der Waals surface area contributed by atoms with E-state index in [4.69, 9.17) is 9.15 Å². The van der Waals surface area contributed by atoms with Crippen LogP contribution in [-0.2, 0) is 9.53 Å². The third kappa shape index (κ3) is 4.88. The molecule has 0 aliphatic rings. The molecule has 3 aromatic rings. The number of halogens is 2. The first-order valence-corrected chi connectivity index (χ1v) is 8.76. The van der Waals surface area contributed by atoms with Crippen LogP contribution < -0.4 is 10.6 Å². The van der Waals surface area contributed by atoms with E-state index in [1.54, 1.807) is 6.07 Å². The summed E-state index contributed by atoms with van der Waals surface area (Å²) < 4.78 is 37.3. The van der Waals surface area contributed by atoms with Gasteiger partial charge in [0, 0.05) is 5.69 Å². The van der Waals surface area contributed by atoms with Gasteiger partial charge in [-0.3, -0.25) is 9.59 Å². The quantitative estimate of drug-likeness (QED) is 0.595. The van der Waals surface area contributed by atoms with Gasteiger partial charge in [-0.25, -0.2) is 13.6 Å². The number of hydrogen-bond donors (Lipinski definition) is 2. The van der Waals surface area contributed by atoms with Crippen LogP contribution in [0, 0.1) is 11.6 Å². The SMILES string of the molecule is C[C@H](OC(=O)c1ccc(NC(=O)c2ccco2)cc1)C(=O)Nc1c(F)cccc1F. The van der Waals surface area contributed by atoms with E-state index in [9.17, 15) is 23.2 Å². The fourth-order valence-corrected chi connectivity index (χ4v) is 2.41. The fourth-order valence-electron chi connectivity index (χ4n) is 2.41. The monoisotopic (exact) mass is 414 g/mol. The Kier molecular flexibility index (Phi) is 6.21. The largest absolute Gasteiger partial charge is 0.459 e. The summed E-state index contributed by atoms with van der Waals surface area (Å²) >= 11 is 0. The molecule has 2 N–H and O–H groups in total. The second kappa shape index (κ2) is 8.99. The number of anilines is 2. The molecule has 154 valence electrons. The van der Waals surface area contributed by atoms with Crippen LogP contribution in [0.4, 0.5) is 20.2 Å². The number of rotatable bonds is 6. The maximum absolute atomic E-state index is 13.6. The van der Waals surface area contributed by atoms with E-state index in [0.29, 0.717) is 5.69 Å². The number of para-hydroxylation sites is 1. The number of carbonyl (C=O) groups is 3. The van der Waals surface area contributed by atoms with Crippen LogP contribution in [0.5, 0.6) is 0 Å². The van der Waals surface area contributed by atoms with Crippen molar-refractivity contribution in [3.63, 3.8) is 0 Å². The van der Waals surface area contributed by atoms with Crippen LogP contribution in [-0.4, -0.2) is 23.9 Å². The molecule has 0 aliphatic heterocycles. The number of furan rings is 1. The van der Waals surface area contributed by atoms with Crippen LogP contribution in [0.3, 0.4) is 0 Å². The number of amides is 2. The molecule has 0 spiro atoms. The summed E-state index contributed by atoms with van der Waals surface area (Å²) in [6.07, 6.45) is 0.0566. The Hall–Kier alpha value is -4.01. The van der Waals surface area contributed by atoms with Gasteiger partial charge in [-0.2, -0.15) is 0 Å². The van der Waals surface area contributed by atoms with E-state index in [0.717, 1.165) is 18.2 Å². The van der Waals surface area contributed by atoms with E-state index in [1.807, 2.05) is 0 Å². The van der Waals surface area contributed by atoms with Crippen molar-refractivity contribution in [2.45, 2.75) is 13.0 Å². The number of carbonyl (C=O) groups excluding carboxylic acids is 3. The lowest BCUT2D eigenvalue weighted by Crippen LogP contribution is -2.30. The predicted molar refractivity (Wildman–Crippen MR) is 103 cm³/mol. The van der Waals surface area contributed by atoms with Gasteiger partial charge in [0.15, 0.2) is 11.9 Å². The number of nitrogens with one attached hydrogen (secondary N) is 2. The van der Waals surface area contributed by atoms with E-state index in [1.165, 1.54) is 43.5 Å². The molecule has 1 heterocycles. The molecule has 1 atom stereocenters. The highest BCUT2D eigenvalue weighted by Gasteiger charge is 2.21. The van der Waals surface area contributed by atoms with Gasteiger partial charge in [0.05, 0.1) is 11.8 Å². The lowest BCUT2D eigenvalue weighted by molar-refractivity contribution is -0.123. The Morgan fingerprint density at radius 1 is 0.933 bits per heavy atom. The molecule has 7 nitrogen and oxygen atoms in total. The predicted octanol–water partition coefficient (Wildman–Crippen LogP) is 3.99. The molecule has 0 fully saturated rings. The van der Waals surface area contributed by atoms with Gasteiger partial charge in [-0.1, -0.05) is 6.07 Å². The Labute approximate surface area is 169 Å². The minimum absolute atomic E-state index is 0.114. The number of benzene rings is 2. The molecular weight excluding hydrogens is 398 g/mol. The zero-order chi connectivity index (χ0) is 21.7. The van der Waals surface area contributed by atoms with Gasteiger partial charge in [0.2, 0.25) is 0 Å². The Bertz CT molecular complexity index is 1050. The van der Waals surface area contributed by atoms with Gasteiger partial charge >= 0.3 is 5.97 Å². The van der Waals surface area contributed by atoms with Crippen LogP contribution in [0.25, 0.3) is 0 Å².